The molecule has 1 heterocycles. The van der Waals surface area contributed by atoms with Gasteiger partial charge in [0.05, 0.1) is 6.04 Å². The molecule has 3 amide bonds. The molecule has 3 N–H and O–H groups in total. The smallest absolute Gasteiger partial charge is 0.246 e. The van der Waals surface area contributed by atoms with Crippen molar-refractivity contribution in [1.29, 1.82) is 0 Å². The van der Waals surface area contributed by atoms with Crippen molar-refractivity contribution >= 4 is 17.7 Å². The molecule has 216 valence electrons. The van der Waals surface area contributed by atoms with E-state index >= 15 is 0 Å². The minimum absolute atomic E-state index is 0.0145. The first-order valence-electron chi connectivity index (χ1n) is 15.3. The average molecular weight is 539 g/mol. The van der Waals surface area contributed by atoms with Crippen LogP contribution in [0.25, 0.3) is 0 Å². The van der Waals surface area contributed by atoms with Gasteiger partial charge in [0.15, 0.2) is 0 Å². The van der Waals surface area contributed by atoms with Crippen molar-refractivity contribution in [3.63, 3.8) is 0 Å². The molecular weight excluding hydrogens is 488 g/mol. The Labute approximate surface area is 235 Å². The third-order valence-corrected chi connectivity index (χ3v) is 8.95. The third kappa shape index (κ3) is 7.41. The van der Waals surface area contributed by atoms with E-state index in [2.05, 4.69) is 54.9 Å². The number of hydrogen-bond acceptors (Lipinski definition) is 4. The minimum Gasteiger partial charge on any atom is -0.347 e. The predicted molar refractivity (Wildman–Crippen MR) is 155 cm³/mol. The second-order valence-electron chi connectivity index (χ2n) is 13.2. The van der Waals surface area contributed by atoms with Crippen molar-refractivity contribution in [1.82, 2.24) is 20.9 Å². The SMILES string of the molecule is CC[C@@H](C)C(=O)N[C@H](C(=O)N1C[C@@H](NC(C)(C)C)C[C@H]1C(=O)N[C@@H]1CCCc2ccccc21)C1CCCCC1. The summed E-state index contributed by atoms with van der Waals surface area (Å²) >= 11 is 0. The molecule has 5 atom stereocenters. The zero-order valence-corrected chi connectivity index (χ0v) is 24.7. The number of rotatable bonds is 8. The molecule has 1 saturated heterocycles. The van der Waals surface area contributed by atoms with Gasteiger partial charge in [0.2, 0.25) is 17.7 Å². The average Bonchev–Trinajstić information content (AvgIpc) is 3.33. The quantitative estimate of drug-likeness (QED) is 0.450. The van der Waals surface area contributed by atoms with Crippen LogP contribution in [-0.4, -0.2) is 52.8 Å². The first-order valence-corrected chi connectivity index (χ1v) is 15.3. The molecule has 1 aliphatic heterocycles. The van der Waals surface area contributed by atoms with Gasteiger partial charge in [-0.05, 0) is 82.8 Å². The van der Waals surface area contributed by atoms with Crippen LogP contribution >= 0.6 is 0 Å². The molecule has 39 heavy (non-hydrogen) atoms. The lowest BCUT2D eigenvalue weighted by Crippen LogP contribution is -2.57. The summed E-state index contributed by atoms with van der Waals surface area (Å²) in [6.07, 6.45) is 9.47. The number of likely N-dealkylation sites (tertiary alicyclic amines) is 1. The van der Waals surface area contributed by atoms with E-state index in [1.54, 1.807) is 4.90 Å². The molecular formula is C32H50N4O3. The Morgan fingerprint density at radius 3 is 2.44 bits per heavy atom. The van der Waals surface area contributed by atoms with Crippen molar-refractivity contribution in [2.24, 2.45) is 11.8 Å². The van der Waals surface area contributed by atoms with Gasteiger partial charge in [-0.1, -0.05) is 57.4 Å². The fourth-order valence-corrected chi connectivity index (χ4v) is 6.73. The number of amides is 3. The van der Waals surface area contributed by atoms with Gasteiger partial charge in [0, 0.05) is 24.0 Å². The van der Waals surface area contributed by atoms with Gasteiger partial charge < -0.3 is 20.9 Å². The molecule has 1 aromatic carbocycles. The lowest BCUT2D eigenvalue weighted by molar-refractivity contribution is -0.143. The maximum atomic E-state index is 14.3. The van der Waals surface area contributed by atoms with Crippen LogP contribution in [0.3, 0.4) is 0 Å². The molecule has 0 spiro atoms. The van der Waals surface area contributed by atoms with E-state index in [-0.39, 0.29) is 47.2 Å². The van der Waals surface area contributed by atoms with Crippen LogP contribution in [0.4, 0.5) is 0 Å². The van der Waals surface area contributed by atoms with Gasteiger partial charge in [0.25, 0.3) is 0 Å². The molecule has 1 aromatic rings. The fourth-order valence-electron chi connectivity index (χ4n) is 6.73. The van der Waals surface area contributed by atoms with Crippen LogP contribution in [0.15, 0.2) is 24.3 Å². The van der Waals surface area contributed by atoms with Gasteiger partial charge in [-0.15, -0.1) is 0 Å². The highest BCUT2D eigenvalue weighted by Gasteiger charge is 2.45. The van der Waals surface area contributed by atoms with E-state index < -0.39 is 12.1 Å². The summed E-state index contributed by atoms with van der Waals surface area (Å²) in [4.78, 5) is 43.0. The molecule has 0 bridgehead atoms. The van der Waals surface area contributed by atoms with Crippen molar-refractivity contribution in [3.8, 4) is 0 Å². The van der Waals surface area contributed by atoms with E-state index in [1.807, 2.05) is 19.9 Å². The predicted octanol–water partition coefficient (Wildman–Crippen LogP) is 4.65. The topological polar surface area (TPSA) is 90.5 Å². The molecule has 7 heteroatoms. The number of fused-ring (bicyclic) bond motifs is 1. The Kier molecular flexibility index (Phi) is 9.73. The molecule has 1 saturated carbocycles. The number of aryl methyl sites for hydroxylation is 1. The van der Waals surface area contributed by atoms with Crippen LogP contribution in [0.5, 0.6) is 0 Å². The lowest BCUT2D eigenvalue weighted by Gasteiger charge is -2.35. The highest BCUT2D eigenvalue weighted by atomic mass is 16.2. The maximum absolute atomic E-state index is 14.3. The Bertz CT molecular complexity index is 1010. The van der Waals surface area contributed by atoms with Crippen molar-refractivity contribution in [2.75, 3.05) is 6.54 Å². The number of carbonyl (C=O) groups excluding carboxylic acids is 3. The number of carbonyl (C=O) groups is 3. The summed E-state index contributed by atoms with van der Waals surface area (Å²) in [6.45, 7) is 10.7. The van der Waals surface area contributed by atoms with E-state index in [0.29, 0.717) is 13.0 Å². The maximum Gasteiger partial charge on any atom is 0.246 e. The second-order valence-corrected chi connectivity index (χ2v) is 13.2. The second kappa shape index (κ2) is 12.8. The normalized spacial score (nSPS) is 25.5. The number of nitrogens with zero attached hydrogens (tertiary/aromatic N) is 1. The number of benzene rings is 1. The van der Waals surface area contributed by atoms with Crippen LogP contribution < -0.4 is 16.0 Å². The Hall–Kier alpha value is -2.41. The molecule has 2 fully saturated rings. The molecule has 0 radical (unpaired) electrons. The van der Waals surface area contributed by atoms with Gasteiger partial charge in [-0.25, -0.2) is 0 Å². The molecule has 3 aliphatic rings. The molecule has 0 unspecified atom stereocenters. The van der Waals surface area contributed by atoms with Crippen LogP contribution in [-0.2, 0) is 20.8 Å². The van der Waals surface area contributed by atoms with E-state index in [9.17, 15) is 14.4 Å². The Balaban J connectivity index is 1.57. The standard InChI is InChI=1S/C32H50N4O3/c1-6-21(2)29(37)34-28(23-14-8-7-9-15-23)31(39)36-20-24(35-32(3,4)5)19-27(36)30(38)33-26-18-12-16-22-13-10-11-17-25(22)26/h10-11,13,17,21,23-24,26-28,35H,6-9,12,14-16,18-20H2,1-5H3,(H,33,38)(H,34,37)/t21-,24+,26-,27+,28+/m1/s1. The summed E-state index contributed by atoms with van der Waals surface area (Å²) in [5.74, 6) is -0.282. The zero-order chi connectivity index (χ0) is 28.2. The fraction of sp³-hybridized carbons (Fsp3) is 0.719. The Morgan fingerprint density at radius 2 is 1.74 bits per heavy atom. The van der Waals surface area contributed by atoms with E-state index in [1.165, 1.54) is 17.5 Å². The zero-order valence-electron chi connectivity index (χ0n) is 24.7. The highest BCUT2D eigenvalue weighted by Crippen LogP contribution is 2.32. The van der Waals surface area contributed by atoms with E-state index in [4.69, 9.17) is 0 Å². The highest BCUT2D eigenvalue weighted by molar-refractivity contribution is 5.93. The monoisotopic (exact) mass is 538 g/mol. The molecule has 7 nitrogen and oxygen atoms in total. The minimum atomic E-state index is -0.578. The molecule has 4 rings (SSSR count). The summed E-state index contributed by atoms with van der Waals surface area (Å²) in [7, 11) is 0. The van der Waals surface area contributed by atoms with Gasteiger partial charge in [-0.2, -0.15) is 0 Å². The van der Waals surface area contributed by atoms with Crippen molar-refractivity contribution in [2.45, 2.75) is 129 Å². The summed E-state index contributed by atoms with van der Waals surface area (Å²) in [6, 6.07) is 7.20. The first kappa shape index (κ1) is 29.6. The number of hydrogen-bond donors (Lipinski definition) is 3. The number of nitrogens with one attached hydrogen (secondary N) is 3. The summed E-state index contributed by atoms with van der Waals surface area (Å²) in [5, 5.41) is 10.1. The first-order chi connectivity index (χ1) is 18.6. The van der Waals surface area contributed by atoms with Crippen molar-refractivity contribution in [3.05, 3.63) is 35.4 Å². The van der Waals surface area contributed by atoms with Gasteiger partial charge >= 0.3 is 0 Å². The van der Waals surface area contributed by atoms with Gasteiger partial charge in [-0.3, -0.25) is 14.4 Å². The van der Waals surface area contributed by atoms with Crippen LogP contribution in [0.2, 0.25) is 0 Å². The Morgan fingerprint density at radius 1 is 1.03 bits per heavy atom. The van der Waals surface area contributed by atoms with Crippen molar-refractivity contribution < 1.29 is 14.4 Å². The third-order valence-electron chi connectivity index (χ3n) is 8.95. The summed E-state index contributed by atoms with van der Waals surface area (Å²) in [5.41, 5.74) is 2.35. The largest absolute Gasteiger partial charge is 0.347 e. The molecule has 2 aliphatic carbocycles. The summed E-state index contributed by atoms with van der Waals surface area (Å²) < 4.78 is 0. The van der Waals surface area contributed by atoms with Crippen LogP contribution in [0.1, 0.15) is 110 Å². The molecule has 0 aromatic heterocycles. The van der Waals surface area contributed by atoms with Gasteiger partial charge in [0.1, 0.15) is 12.1 Å². The van der Waals surface area contributed by atoms with E-state index in [0.717, 1.165) is 51.4 Å². The lowest BCUT2D eigenvalue weighted by atomic mass is 9.83. The van der Waals surface area contributed by atoms with Crippen LogP contribution in [0, 0.1) is 11.8 Å².